The van der Waals surface area contributed by atoms with Crippen LogP contribution in [0.3, 0.4) is 0 Å². The molecule has 1 aromatic heterocycles. The number of carbonyl (C=O) groups excluding carboxylic acids is 1. The number of nitrogens with zero attached hydrogens (tertiary/aromatic N) is 3. The van der Waals surface area contributed by atoms with Gasteiger partial charge in [0.2, 0.25) is 0 Å². The van der Waals surface area contributed by atoms with E-state index in [-0.39, 0.29) is 5.91 Å². The average Bonchev–Trinajstić information content (AvgIpc) is 3.49. The first kappa shape index (κ1) is 21.3. The minimum atomic E-state index is -0.631. The van der Waals surface area contributed by atoms with Crippen LogP contribution < -0.4 is 38.4 Å². The molecule has 0 bridgehead atoms. The van der Waals surface area contributed by atoms with E-state index in [1.54, 1.807) is 11.3 Å². The number of amides is 1. The van der Waals surface area contributed by atoms with Gasteiger partial charge >= 0.3 is 145 Å². The van der Waals surface area contributed by atoms with Crippen LogP contribution in [0.15, 0.2) is 23.6 Å². The quantitative estimate of drug-likeness (QED) is 0.551. The molecule has 168 valence electrons. The van der Waals surface area contributed by atoms with Crippen molar-refractivity contribution in [2.75, 3.05) is 31.1 Å². The predicted octanol–water partition coefficient (Wildman–Crippen LogP) is 0.779. The second-order valence-corrected chi connectivity index (χ2v) is 10.5. The van der Waals surface area contributed by atoms with Crippen LogP contribution in [0.1, 0.15) is 61.1 Å². The van der Waals surface area contributed by atoms with E-state index in [1.165, 1.54) is 24.8 Å². The van der Waals surface area contributed by atoms with Crippen LogP contribution >= 0.6 is 11.3 Å². The number of hydrogen-bond donors (Lipinski definition) is 1. The molecule has 2 fully saturated rings. The first-order valence-electron chi connectivity index (χ1n) is 11.1. The van der Waals surface area contributed by atoms with Crippen LogP contribution in [0.2, 0.25) is 0 Å². The fraction of sp³-hybridized carbons (Fsp3) is 0.545. The van der Waals surface area contributed by atoms with E-state index in [9.17, 15) is 4.79 Å². The number of piperazine rings is 1. The zero-order valence-corrected chi connectivity index (χ0v) is 20.7. The normalized spacial score (nSPS) is 20.9. The monoisotopic (exact) mass is 555 g/mol. The Bertz CT molecular complexity index is 925. The summed E-state index contributed by atoms with van der Waals surface area (Å²) in [6.45, 7) is 6.01. The van der Waals surface area contributed by atoms with Crippen molar-refractivity contribution in [1.29, 1.82) is 0 Å². The van der Waals surface area contributed by atoms with E-state index in [0.29, 0.717) is 17.8 Å². The van der Waals surface area contributed by atoms with E-state index in [4.69, 9.17) is 6.13 Å². The second-order valence-electron chi connectivity index (χ2n) is 8.45. The SMILES string of the molecule is CC(c1ccc2c(c1)O[I-]O2)N1CCN(c2nc(C(=O)NC3CCCCC3)cs2)CC1. The van der Waals surface area contributed by atoms with E-state index >= 15 is 0 Å². The standard InChI is InChI=1S/C22H28IN4O3S/c1-15(16-7-8-19-20(13-16)30-23-29-19)26-9-11-27(12-10-26)22-25-18(14-31-22)21(28)24-17-5-3-2-4-6-17/h7-8,13-15,17H,2-6,9-12H2,1H3,(H,24,28)/q-1. The van der Waals surface area contributed by atoms with Crippen molar-refractivity contribution in [3.05, 3.63) is 34.8 Å². The number of hydrogen-bond acceptors (Lipinski definition) is 7. The molecule has 0 spiro atoms. The number of thiazole rings is 1. The molecule has 1 unspecified atom stereocenters. The molecule has 1 saturated heterocycles. The van der Waals surface area contributed by atoms with Crippen LogP contribution in [0.25, 0.3) is 0 Å². The average molecular weight is 555 g/mol. The first-order valence-corrected chi connectivity index (χ1v) is 13.7. The summed E-state index contributed by atoms with van der Waals surface area (Å²) in [6, 6.07) is 6.93. The molecule has 1 amide bonds. The fourth-order valence-corrected chi connectivity index (χ4v) is 6.57. The molecule has 9 heteroatoms. The third-order valence-electron chi connectivity index (χ3n) is 6.48. The van der Waals surface area contributed by atoms with Gasteiger partial charge in [0, 0.05) is 6.04 Å². The summed E-state index contributed by atoms with van der Waals surface area (Å²) in [4.78, 5) is 22.0. The van der Waals surface area contributed by atoms with Gasteiger partial charge in [-0.15, -0.1) is 0 Å². The molecule has 1 atom stereocenters. The summed E-state index contributed by atoms with van der Waals surface area (Å²) in [5.41, 5.74) is 1.82. The first-order chi connectivity index (χ1) is 15.2. The molecule has 7 nitrogen and oxygen atoms in total. The Morgan fingerprint density at radius 3 is 2.74 bits per heavy atom. The van der Waals surface area contributed by atoms with Gasteiger partial charge < -0.3 is 5.32 Å². The number of rotatable bonds is 5. The summed E-state index contributed by atoms with van der Waals surface area (Å²) in [5, 5.41) is 6.02. The Morgan fingerprint density at radius 1 is 1.16 bits per heavy atom. The summed E-state index contributed by atoms with van der Waals surface area (Å²) in [5.74, 6) is 1.74. The molecule has 5 rings (SSSR count). The van der Waals surface area contributed by atoms with Crippen LogP contribution in [0, 0.1) is 0 Å². The van der Waals surface area contributed by atoms with Gasteiger partial charge in [-0.1, -0.05) is 19.3 Å². The molecule has 2 aliphatic heterocycles. The number of benzene rings is 1. The summed E-state index contributed by atoms with van der Waals surface area (Å²) >= 11 is 0.943. The van der Waals surface area contributed by atoms with Gasteiger partial charge in [-0.05, 0) is 12.8 Å². The molecular weight excluding hydrogens is 527 g/mol. The third kappa shape index (κ3) is 4.78. The molecule has 3 aliphatic rings. The molecule has 1 aliphatic carbocycles. The van der Waals surface area contributed by atoms with Crippen LogP contribution in [-0.2, 0) is 0 Å². The van der Waals surface area contributed by atoms with Crippen molar-refractivity contribution in [2.45, 2.75) is 51.1 Å². The number of aromatic nitrogens is 1. The number of anilines is 1. The van der Waals surface area contributed by atoms with Crippen molar-refractivity contribution in [3.8, 4) is 11.5 Å². The van der Waals surface area contributed by atoms with Gasteiger partial charge in [0.1, 0.15) is 0 Å². The predicted molar refractivity (Wildman–Crippen MR) is 116 cm³/mol. The van der Waals surface area contributed by atoms with E-state index in [1.807, 2.05) is 11.4 Å². The van der Waals surface area contributed by atoms with Gasteiger partial charge in [-0.2, -0.15) is 0 Å². The van der Waals surface area contributed by atoms with Crippen LogP contribution in [0.4, 0.5) is 5.13 Å². The second kappa shape index (κ2) is 9.50. The Balaban J connectivity index is 1.16. The van der Waals surface area contributed by atoms with Crippen molar-refractivity contribution < 1.29 is 33.0 Å². The molecule has 31 heavy (non-hydrogen) atoms. The summed E-state index contributed by atoms with van der Waals surface area (Å²) in [7, 11) is 0. The minimum absolute atomic E-state index is 0.0214. The molecule has 1 N–H and O–H groups in total. The van der Waals surface area contributed by atoms with Gasteiger partial charge in [-0.25, -0.2) is 0 Å². The number of nitrogens with one attached hydrogen (secondary N) is 1. The van der Waals surface area contributed by atoms with Crippen molar-refractivity contribution in [1.82, 2.24) is 15.2 Å². The summed E-state index contributed by atoms with van der Waals surface area (Å²) in [6.07, 6.45) is 5.89. The molecule has 3 heterocycles. The van der Waals surface area contributed by atoms with Crippen molar-refractivity contribution in [2.24, 2.45) is 0 Å². The van der Waals surface area contributed by atoms with Gasteiger partial charge in [0.15, 0.2) is 0 Å². The van der Waals surface area contributed by atoms with E-state index < -0.39 is 22.0 Å². The maximum atomic E-state index is 12.6. The molecule has 2 aromatic rings. The topological polar surface area (TPSA) is 66.9 Å². The van der Waals surface area contributed by atoms with E-state index in [0.717, 1.165) is 55.7 Å². The van der Waals surface area contributed by atoms with Crippen molar-refractivity contribution in [3.63, 3.8) is 0 Å². The Kier molecular flexibility index (Phi) is 6.51. The molecule has 1 saturated carbocycles. The molecule has 1 aromatic carbocycles. The van der Waals surface area contributed by atoms with Gasteiger partial charge in [0.05, 0.1) is 0 Å². The van der Waals surface area contributed by atoms with Crippen LogP contribution in [0.5, 0.6) is 11.5 Å². The van der Waals surface area contributed by atoms with Gasteiger partial charge in [0.25, 0.3) is 5.91 Å². The maximum absolute atomic E-state index is 12.6. The van der Waals surface area contributed by atoms with Gasteiger partial charge in [-0.3, -0.25) is 4.79 Å². The fourth-order valence-electron chi connectivity index (χ4n) is 4.52. The zero-order valence-electron chi connectivity index (χ0n) is 17.7. The summed E-state index contributed by atoms with van der Waals surface area (Å²) < 4.78 is 11.2. The number of carbonyl (C=O) groups is 1. The zero-order chi connectivity index (χ0) is 21.2. The Labute approximate surface area is 198 Å². The third-order valence-corrected chi connectivity index (χ3v) is 8.69. The number of halogens is 1. The number of fused-ring (bicyclic) bond motifs is 1. The van der Waals surface area contributed by atoms with Crippen molar-refractivity contribution >= 4 is 22.4 Å². The van der Waals surface area contributed by atoms with Crippen LogP contribution in [-0.4, -0.2) is 48.0 Å². The Morgan fingerprint density at radius 2 is 1.94 bits per heavy atom. The van der Waals surface area contributed by atoms with E-state index in [2.05, 4.69) is 39.2 Å². The Hall–Kier alpha value is -1.59. The molecular formula is C22H28IN4O3S-. The molecule has 0 radical (unpaired) electrons.